The molecule has 0 saturated carbocycles. The molecule has 0 spiro atoms. The molecule has 2 amide bonds. The molecular weight excluding hydrogens is 406 g/mol. The number of hydrogen-bond donors (Lipinski definition) is 2. The first-order valence-electron chi connectivity index (χ1n) is 8.41. The van der Waals surface area contributed by atoms with Crippen molar-refractivity contribution in [1.29, 1.82) is 0 Å². The molecule has 0 aliphatic rings. The van der Waals surface area contributed by atoms with Crippen molar-refractivity contribution in [3.05, 3.63) is 94.2 Å². The number of anilines is 1. The van der Waals surface area contributed by atoms with Crippen LogP contribution in [0.3, 0.4) is 0 Å². The Hall–Kier alpha value is -2.99. The normalized spacial score (nSPS) is 10.3. The maximum atomic E-state index is 12.2. The highest BCUT2D eigenvalue weighted by Crippen LogP contribution is 2.14. The number of hydrogen-bond acceptors (Lipinski definition) is 3. The molecule has 0 radical (unpaired) electrons. The Morgan fingerprint density at radius 2 is 1.78 bits per heavy atom. The molecule has 0 fully saturated rings. The summed E-state index contributed by atoms with van der Waals surface area (Å²) in [5.41, 5.74) is 3.13. The second-order valence-electron chi connectivity index (χ2n) is 5.98. The first-order valence-corrected chi connectivity index (χ1v) is 9.21. The van der Waals surface area contributed by atoms with Gasteiger partial charge in [0.2, 0.25) is 5.91 Å². The molecule has 0 atom stereocenters. The highest BCUT2D eigenvalue weighted by Gasteiger charge is 2.06. The Kier molecular flexibility index (Phi) is 6.33. The number of amides is 2. The first-order chi connectivity index (χ1) is 13.1. The van der Waals surface area contributed by atoms with Gasteiger partial charge in [0, 0.05) is 29.1 Å². The summed E-state index contributed by atoms with van der Waals surface area (Å²) in [5, 5.41) is 5.72. The fourth-order valence-corrected chi connectivity index (χ4v) is 2.97. The third-order valence-corrected chi connectivity index (χ3v) is 4.36. The average molecular weight is 424 g/mol. The standard InChI is InChI=1S/C21H18BrN3O2/c22-18-5-1-3-16(11-18)12-20(26)25-19-8-6-15(7-9-19)13-24-21(27)17-4-2-10-23-14-17/h1-11,14H,12-13H2,(H,24,27)(H,25,26). The van der Waals surface area contributed by atoms with Gasteiger partial charge >= 0.3 is 0 Å². The Balaban J connectivity index is 1.51. The zero-order valence-electron chi connectivity index (χ0n) is 14.5. The van der Waals surface area contributed by atoms with Crippen LogP contribution in [-0.4, -0.2) is 16.8 Å². The van der Waals surface area contributed by atoms with Crippen molar-refractivity contribution in [3.8, 4) is 0 Å². The SMILES string of the molecule is O=C(Cc1cccc(Br)c1)Nc1ccc(CNC(=O)c2cccnc2)cc1. The van der Waals surface area contributed by atoms with E-state index in [0.717, 1.165) is 21.3 Å². The minimum atomic E-state index is -0.172. The van der Waals surface area contributed by atoms with E-state index >= 15 is 0 Å². The van der Waals surface area contributed by atoms with Crippen molar-refractivity contribution in [2.45, 2.75) is 13.0 Å². The van der Waals surface area contributed by atoms with Gasteiger partial charge < -0.3 is 10.6 Å². The van der Waals surface area contributed by atoms with E-state index in [1.165, 1.54) is 6.20 Å². The number of halogens is 1. The Morgan fingerprint density at radius 3 is 2.48 bits per heavy atom. The molecule has 0 bridgehead atoms. The number of benzene rings is 2. The van der Waals surface area contributed by atoms with Crippen LogP contribution in [0.25, 0.3) is 0 Å². The Morgan fingerprint density at radius 1 is 0.963 bits per heavy atom. The van der Waals surface area contributed by atoms with Gasteiger partial charge in [-0.25, -0.2) is 0 Å². The van der Waals surface area contributed by atoms with Crippen LogP contribution in [0.2, 0.25) is 0 Å². The zero-order valence-corrected chi connectivity index (χ0v) is 16.1. The third-order valence-electron chi connectivity index (χ3n) is 3.87. The lowest BCUT2D eigenvalue weighted by Crippen LogP contribution is -2.22. The number of nitrogens with one attached hydrogen (secondary N) is 2. The monoisotopic (exact) mass is 423 g/mol. The van der Waals surface area contributed by atoms with Crippen molar-refractivity contribution >= 4 is 33.4 Å². The average Bonchev–Trinajstić information content (AvgIpc) is 2.68. The van der Waals surface area contributed by atoms with Crippen molar-refractivity contribution in [1.82, 2.24) is 10.3 Å². The molecular formula is C21H18BrN3O2. The van der Waals surface area contributed by atoms with Crippen molar-refractivity contribution in [2.75, 3.05) is 5.32 Å². The van der Waals surface area contributed by atoms with Gasteiger partial charge in [-0.1, -0.05) is 40.2 Å². The molecule has 0 aliphatic carbocycles. The predicted molar refractivity (Wildman–Crippen MR) is 108 cm³/mol. The van der Waals surface area contributed by atoms with Crippen LogP contribution in [0, 0.1) is 0 Å². The maximum Gasteiger partial charge on any atom is 0.253 e. The minimum Gasteiger partial charge on any atom is -0.348 e. The Bertz CT molecular complexity index is 928. The van der Waals surface area contributed by atoms with E-state index in [0.29, 0.717) is 18.5 Å². The second kappa shape index (κ2) is 9.09. The topological polar surface area (TPSA) is 71.1 Å². The van der Waals surface area contributed by atoms with E-state index in [1.54, 1.807) is 18.3 Å². The van der Waals surface area contributed by atoms with E-state index in [2.05, 4.69) is 31.5 Å². The first kappa shape index (κ1) is 18.8. The largest absolute Gasteiger partial charge is 0.348 e. The predicted octanol–water partition coefficient (Wildman–Crippen LogP) is 3.96. The molecule has 1 heterocycles. The number of carbonyl (C=O) groups excluding carboxylic acids is 2. The number of pyridine rings is 1. The van der Waals surface area contributed by atoms with Gasteiger partial charge in [0.25, 0.3) is 5.91 Å². The van der Waals surface area contributed by atoms with Crippen LogP contribution in [0.15, 0.2) is 77.5 Å². The summed E-state index contributed by atoms with van der Waals surface area (Å²) >= 11 is 3.40. The second-order valence-corrected chi connectivity index (χ2v) is 6.89. The summed E-state index contributed by atoms with van der Waals surface area (Å²) in [7, 11) is 0. The summed E-state index contributed by atoms with van der Waals surface area (Å²) in [5.74, 6) is -0.250. The number of rotatable bonds is 6. The van der Waals surface area contributed by atoms with E-state index in [9.17, 15) is 9.59 Å². The van der Waals surface area contributed by atoms with Gasteiger partial charge in [0.05, 0.1) is 12.0 Å². The van der Waals surface area contributed by atoms with Crippen LogP contribution in [0.5, 0.6) is 0 Å². The molecule has 2 N–H and O–H groups in total. The molecule has 5 nitrogen and oxygen atoms in total. The smallest absolute Gasteiger partial charge is 0.253 e. The van der Waals surface area contributed by atoms with Crippen LogP contribution < -0.4 is 10.6 Å². The molecule has 1 aromatic heterocycles. The fraction of sp³-hybridized carbons (Fsp3) is 0.0952. The summed E-state index contributed by atoms with van der Waals surface area (Å²) in [6.45, 7) is 0.403. The van der Waals surface area contributed by atoms with E-state index in [-0.39, 0.29) is 11.8 Å². The minimum absolute atomic E-state index is 0.0780. The lowest BCUT2D eigenvalue weighted by molar-refractivity contribution is -0.115. The zero-order chi connectivity index (χ0) is 19.1. The van der Waals surface area contributed by atoms with Gasteiger partial charge in [-0.15, -0.1) is 0 Å². The molecule has 2 aromatic carbocycles. The lowest BCUT2D eigenvalue weighted by Gasteiger charge is -2.08. The van der Waals surface area contributed by atoms with Crippen LogP contribution >= 0.6 is 15.9 Å². The molecule has 0 aliphatic heterocycles. The van der Waals surface area contributed by atoms with E-state index < -0.39 is 0 Å². The molecule has 0 saturated heterocycles. The van der Waals surface area contributed by atoms with Crippen LogP contribution in [0.4, 0.5) is 5.69 Å². The van der Waals surface area contributed by atoms with Gasteiger partial charge in [-0.3, -0.25) is 14.6 Å². The van der Waals surface area contributed by atoms with Crippen molar-refractivity contribution in [3.63, 3.8) is 0 Å². The molecule has 136 valence electrons. The fourth-order valence-electron chi connectivity index (χ4n) is 2.52. The lowest BCUT2D eigenvalue weighted by atomic mass is 10.1. The van der Waals surface area contributed by atoms with E-state index in [1.807, 2.05) is 48.5 Å². The van der Waals surface area contributed by atoms with Gasteiger partial charge in [0.15, 0.2) is 0 Å². The van der Waals surface area contributed by atoms with Gasteiger partial charge in [-0.2, -0.15) is 0 Å². The molecule has 27 heavy (non-hydrogen) atoms. The quantitative estimate of drug-likeness (QED) is 0.630. The summed E-state index contributed by atoms with van der Waals surface area (Å²) in [6, 6.07) is 18.5. The Labute approximate surface area is 166 Å². The summed E-state index contributed by atoms with van der Waals surface area (Å²) in [4.78, 5) is 28.1. The number of carbonyl (C=O) groups is 2. The maximum absolute atomic E-state index is 12.2. The van der Waals surface area contributed by atoms with Crippen LogP contribution in [-0.2, 0) is 17.8 Å². The molecule has 3 rings (SSSR count). The molecule has 6 heteroatoms. The summed E-state index contributed by atoms with van der Waals surface area (Å²) < 4.78 is 0.950. The molecule has 3 aromatic rings. The number of nitrogens with zero attached hydrogens (tertiary/aromatic N) is 1. The van der Waals surface area contributed by atoms with Crippen molar-refractivity contribution in [2.24, 2.45) is 0 Å². The summed E-state index contributed by atoms with van der Waals surface area (Å²) in [6.07, 6.45) is 3.46. The van der Waals surface area contributed by atoms with Gasteiger partial charge in [0.1, 0.15) is 0 Å². The van der Waals surface area contributed by atoms with Crippen LogP contribution in [0.1, 0.15) is 21.5 Å². The highest BCUT2D eigenvalue weighted by atomic mass is 79.9. The van der Waals surface area contributed by atoms with E-state index in [4.69, 9.17) is 0 Å². The number of aromatic nitrogens is 1. The van der Waals surface area contributed by atoms with Crippen molar-refractivity contribution < 1.29 is 9.59 Å². The molecule has 0 unspecified atom stereocenters. The third kappa shape index (κ3) is 5.76. The highest BCUT2D eigenvalue weighted by molar-refractivity contribution is 9.10. The van der Waals surface area contributed by atoms with Gasteiger partial charge in [-0.05, 0) is 47.5 Å².